The summed E-state index contributed by atoms with van der Waals surface area (Å²) in [6, 6.07) is 27.7. The number of aryl methyl sites for hydroxylation is 4. The molecule has 4 aromatic carbocycles. The summed E-state index contributed by atoms with van der Waals surface area (Å²) in [5, 5.41) is 2.94. The van der Waals surface area contributed by atoms with Crippen LogP contribution in [0.4, 0.5) is 0 Å². The molecule has 0 saturated carbocycles. The third-order valence-corrected chi connectivity index (χ3v) is 9.71. The van der Waals surface area contributed by atoms with Crippen molar-refractivity contribution in [3.8, 4) is 33.5 Å². The van der Waals surface area contributed by atoms with Gasteiger partial charge < -0.3 is 4.42 Å². The topological polar surface area (TPSA) is 17.0 Å². The molecule has 194 valence electrons. The van der Waals surface area contributed by atoms with E-state index >= 15 is 0 Å². The number of fused-ring (bicyclic) bond motifs is 3. The molecule has 0 saturated heterocycles. The van der Waals surface area contributed by atoms with Crippen LogP contribution in [0.1, 0.15) is 24.9 Å². The highest BCUT2D eigenvalue weighted by atomic mass is 28.3. The lowest BCUT2D eigenvalue weighted by Gasteiger charge is -2.19. The average molecular weight is 533 g/mol. The van der Waals surface area contributed by atoms with E-state index in [-0.39, 0.29) is 11.1 Å². The third-order valence-electron chi connectivity index (χ3n) is 7.67. The van der Waals surface area contributed by atoms with Crippen LogP contribution in [0.2, 0.25) is 19.6 Å². The normalized spacial score (nSPS) is 14.9. The first-order chi connectivity index (χ1) is 21.1. The van der Waals surface area contributed by atoms with Crippen LogP contribution in [0.15, 0.2) is 95.5 Å². The lowest BCUT2D eigenvalue weighted by molar-refractivity contribution is -0.660. The monoisotopic (exact) mass is 532 g/mol. The van der Waals surface area contributed by atoms with E-state index in [1.807, 2.05) is 54.9 Å². The molecule has 6 rings (SSSR count). The summed E-state index contributed by atoms with van der Waals surface area (Å²) in [5.74, 6) is 0. The largest absolute Gasteiger partial charge is 0.454 e. The van der Waals surface area contributed by atoms with E-state index in [0.29, 0.717) is 16.7 Å². The maximum absolute atomic E-state index is 8.43. The SMILES string of the molecule is [2H]C([2H])([2H])c1cc([Si](C)(C)C)ccc1-c1cc(-c2c(C)ccc3c2oc2c(-c4ccccc4)cccc23)[n+](C)cc1C([2H])([2H])[2H]. The highest BCUT2D eigenvalue weighted by Gasteiger charge is 2.24. The summed E-state index contributed by atoms with van der Waals surface area (Å²) >= 11 is 0. The third kappa shape index (κ3) is 4.31. The number of rotatable bonds is 4. The second kappa shape index (κ2) is 9.35. The van der Waals surface area contributed by atoms with Gasteiger partial charge in [-0.2, -0.15) is 0 Å². The maximum Gasteiger partial charge on any atom is 0.216 e. The molecule has 0 aliphatic rings. The number of nitrogens with zero attached hydrogens (tertiary/aromatic N) is 1. The fourth-order valence-electron chi connectivity index (χ4n) is 5.49. The van der Waals surface area contributed by atoms with Gasteiger partial charge in [0.15, 0.2) is 6.20 Å². The quantitative estimate of drug-likeness (QED) is 0.164. The van der Waals surface area contributed by atoms with Crippen molar-refractivity contribution >= 4 is 35.2 Å². The van der Waals surface area contributed by atoms with E-state index in [2.05, 4.69) is 56.0 Å². The van der Waals surface area contributed by atoms with Gasteiger partial charge in [0, 0.05) is 36.2 Å². The van der Waals surface area contributed by atoms with Crippen LogP contribution >= 0.6 is 0 Å². The van der Waals surface area contributed by atoms with E-state index in [1.54, 1.807) is 18.3 Å². The maximum atomic E-state index is 8.43. The van der Waals surface area contributed by atoms with Gasteiger partial charge in [-0.25, -0.2) is 4.57 Å². The van der Waals surface area contributed by atoms with E-state index in [9.17, 15) is 0 Å². The summed E-state index contributed by atoms with van der Waals surface area (Å²) < 4.78 is 59.1. The minimum Gasteiger partial charge on any atom is -0.454 e. The predicted molar refractivity (Wildman–Crippen MR) is 168 cm³/mol. The lowest BCUT2D eigenvalue weighted by Crippen LogP contribution is -2.37. The molecular weight excluding hydrogens is 490 g/mol. The molecule has 0 bridgehead atoms. The zero-order valence-corrected chi connectivity index (χ0v) is 24.0. The van der Waals surface area contributed by atoms with Crippen molar-refractivity contribution < 1.29 is 17.2 Å². The van der Waals surface area contributed by atoms with Gasteiger partial charge in [0.05, 0.1) is 13.6 Å². The van der Waals surface area contributed by atoms with Crippen LogP contribution in [0, 0.1) is 20.6 Å². The zero-order valence-electron chi connectivity index (χ0n) is 29.0. The van der Waals surface area contributed by atoms with Gasteiger partial charge in [0.1, 0.15) is 18.2 Å². The Labute approximate surface area is 241 Å². The van der Waals surface area contributed by atoms with Gasteiger partial charge in [-0.1, -0.05) is 104 Å². The summed E-state index contributed by atoms with van der Waals surface area (Å²) in [5.41, 5.74) is 7.08. The summed E-state index contributed by atoms with van der Waals surface area (Å²) in [4.78, 5) is 0. The number of aromatic nitrogens is 1. The Bertz CT molecular complexity index is 2090. The van der Waals surface area contributed by atoms with Crippen LogP contribution in [0.25, 0.3) is 55.4 Å². The predicted octanol–water partition coefficient (Wildman–Crippen LogP) is 8.88. The van der Waals surface area contributed by atoms with Crippen molar-refractivity contribution in [1.82, 2.24) is 0 Å². The number of hydrogen-bond donors (Lipinski definition) is 0. The molecule has 0 radical (unpaired) electrons. The Hall–Kier alpha value is -3.95. The standard InChI is InChI=1S/C36H36NOSi/c1-23-16-18-31-30-15-11-14-29(26-12-9-8-10-13-26)35(30)38-36(31)34(23)33-21-32(25(3)22-37(33)4)28-19-17-27(20-24(28)2)39(5,6)7/h8-22H,1-7H3/q+1/i2D3,3D3. The number of hydrogen-bond acceptors (Lipinski definition) is 1. The first kappa shape index (κ1) is 19.2. The first-order valence-electron chi connectivity index (χ1n) is 16.3. The molecule has 6 aromatic rings. The van der Waals surface area contributed by atoms with E-state index < -0.39 is 21.8 Å². The molecule has 39 heavy (non-hydrogen) atoms. The van der Waals surface area contributed by atoms with Crippen LogP contribution in [0.3, 0.4) is 0 Å². The van der Waals surface area contributed by atoms with Crippen molar-refractivity contribution in [2.75, 3.05) is 0 Å². The van der Waals surface area contributed by atoms with Crippen molar-refractivity contribution in [3.05, 3.63) is 108 Å². The summed E-state index contributed by atoms with van der Waals surface area (Å²) in [6.45, 7) is 3.60. The molecule has 0 N–H and O–H groups in total. The molecule has 0 atom stereocenters. The van der Waals surface area contributed by atoms with Crippen molar-refractivity contribution in [1.29, 1.82) is 0 Å². The highest BCUT2D eigenvalue weighted by Crippen LogP contribution is 2.41. The summed E-state index contributed by atoms with van der Waals surface area (Å²) in [6.07, 6.45) is 1.61. The average Bonchev–Trinajstić information content (AvgIpc) is 3.35. The van der Waals surface area contributed by atoms with Crippen LogP contribution < -0.4 is 9.75 Å². The molecular formula is C36H36NOSi+. The highest BCUT2D eigenvalue weighted by molar-refractivity contribution is 6.88. The molecule has 0 amide bonds. The van der Waals surface area contributed by atoms with E-state index in [1.165, 1.54) is 0 Å². The first-order valence-corrected chi connectivity index (χ1v) is 16.8. The molecule has 0 fully saturated rings. The van der Waals surface area contributed by atoms with Gasteiger partial charge >= 0.3 is 0 Å². The Morgan fingerprint density at radius 1 is 0.692 bits per heavy atom. The van der Waals surface area contributed by atoms with Gasteiger partial charge in [-0.05, 0) is 48.4 Å². The number of pyridine rings is 1. The van der Waals surface area contributed by atoms with Gasteiger partial charge in [0.25, 0.3) is 0 Å². The Morgan fingerprint density at radius 2 is 1.46 bits per heavy atom. The smallest absolute Gasteiger partial charge is 0.216 e. The molecule has 2 aromatic heterocycles. The van der Waals surface area contributed by atoms with Crippen molar-refractivity contribution in [2.45, 2.75) is 40.3 Å². The molecule has 0 aliphatic carbocycles. The Morgan fingerprint density at radius 3 is 2.21 bits per heavy atom. The fraction of sp³-hybridized carbons (Fsp3) is 0.194. The second-order valence-electron chi connectivity index (χ2n) is 11.4. The van der Waals surface area contributed by atoms with E-state index in [4.69, 9.17) is 12.6 Å². The van der Waals surface area contributed by atoms with E-state index in [0.717, 1.165) is 49.5 Å². The van der Waals surface area contributed by atoms with Crippen LogP contribution in [-0.4, -0.2) is 8.07 Å². The molecule has 2 nitrogen and oxygen atoms in total. The molecule has 0 spiro atoms. The van der Waals surface area contributed by atoms with Crippen LogP contribution in [0.5, 0.6) is 0 Å². The fourth-order valence-corrected chi connectivity index (χ4v) is 6.65. The lowest BCUT2D eigenvalue weighted by atomic mass is 9.94. The minimum atomic E-state index is -2.47. The Kier molecular flexibility index (Phi) is 4.60. The molecule has 2 heterocycles. The molecule has 0 unspecified atom stereocenters. The van der Waals surface area contributed by atoms with Crippen molar-refractivity contribution in [3.63, 3.8) is 0 Å². The number of furan rings is 1. The molecule has 0 aliphatic heterocycles. The van der Waals surface area contributed by atoms with Crippen LogP contribution in [-0.2, 0) is 7.05 Å². The molecule has 3 heteroatoms. The Balaban J connectivity index is 1.67. The summed E-state index contributed by atoms with van der Waals surface area (Å²) in [7, 11) is -0.0284. The zero-order chi connectivity index (χ0) is 32.5. The minimum absolute atomic E-state index is 0.0980. The number of para-hydroxylation sites is 1. The van der Waals surface area contributed by atoms with Gasteiger partial charge in [-0.15, -0.1) is 0 Å². The van der Waals surface area contributed by atoms with Gasteiger partial charge in [-0.3, -0.25) is 0 Å². The number of benzene rings is 4. The second-order valence-corrected chi connectivity index (χ2v) is 16.5. The van der Waals surface area contributed by atoms with Crippen molar-refractivity contribution in [2.24, 2.45) is 7.05 Å². The van der Waals surface area contributed by atoms with Gasteiger partial charge in [0.2, 0.25) is 5.69 Å².